The molecule has 0 amide bonds. The lowest BCUT2D eigenvalue weighted by Gasteiger charge is -2.25. The van der Waals surface area contributed by atoms with Gasteiger partial charge in [-0.25, -0.2) is 4.98 Å². The summed E-state index contributed by atoms with van der Waals surface area (Å²) in [5.41, 5.74) is 8.12. The Morgan fingerprint density at radius 2 is 2.20 bits per heavy atom. The zero-order chi connectivity index (χ0) is 14.3. The fourth-order valence-corrected chi connectivity index (χ4v) is 3.89. The molecule has 0 aromatic carbocycles. The summed E-state index contributed by atoms with van der Waals surface area (Å²) in [4.78, 5) is 7.08. The highest BCUT2D eigenvalue weighted by atomic mass is 32.1. The third-order valence-corrected chi connectivity index (χ3v) is 5.06. The summed E-state index contributed by atoms with van der Waals surface area (Å²) >= 11 is 3.18. The highest BCUT2D eigenvalue weighted by Gasteiger charge is 2.33. The average molecular weight is 308 g/mol. The molecule has 0 atom stereocenters. The number of nitrogens with zero attached hydrogens (tertiary/aromatic N) is 3. The second-order valence-electron chi connectivity index (χ2n) is 5.78. The van der Waals surface area contributed by atoms with E-state index in [1.807, 2.05) is 6.92 Å². The van der Waals surface area contributed by atoms with Gasteiger partial charge in [-0.2, -0.15) is 4.37 Å². The Balaban J connectivity index is 2.00. The maximum Gasteiger partial charge on any atom is 0.148 e. The van der Waals surface area contributed by atoms with Gasteiger partial charge in [0, 0.05) is 18.0 Å². The smallest absolute Gasteiger partial charge is 0.148 e. The van der Waals surface area contributed by atoms with Crippen LogP contribution < -0.4 is 10.6 Å². The van der Waals surface area contributed by atoms with Gasteiger partial charge in [0.15, 0.2) is 0 Å². The zero-order valence-corrected chi connectivity index (χ0v) is 13.7. The van der Waals surface area contributed by atoms with Crippen molar-refractivity contribution in [2.45, 2.75) is 39.7 Å². The number of nitrogens with two attached hydrogens (primary N) is 1. The van der Waals surface area contributed by atoms with Gasteiger partial charge in [0.05, 0.1) is 16.3 Å². The van der Waals surface area contributed by atoms with Crippen LogP contribution in [-0.2, 0) is 0 Å². The highest BCUT2D eigenvalue weighted by molar-refractivity contribution is 7.11. The van der Waals surface area contributed by atoms with E-state index in [1.54, 1.807) is 11.3 Å². The van der Waals surface area contributed by atoms with Crippen LogP contribution in [0.3, 0.4) is 0 Å². The van der Waals surface area contributed by atoms with Crippen LogP contribution in [0.25, 0.3) is 11.3 Å². The molecule has 0 unspecified atom stereocenters. The fourth-order valence-electron chi connectivity index (χ4n) is 2.39. The van der Waals surface area contributed by atoms with Crippen molar-refractivity contribution in [3.63, 3.8) is 0 Å². The number of aromatic nitrogens is 2. The number of aryl methyl sites for hydroxylation is 1. The van der Waals surface area contributed by atoms with E-state index >= 15 is 0 Å². The van der Waals surface area contributed by atoms with Gasteiger partial charge in [-0.05, 0) is 37.2 Å². The van der Waals surface area contributed by atoms with Crippen LogP contribution in [0.5, 0.6) is 0 Å². The first-order valence-electron chi connectivity index (χ1n) is 7.00. The lowest BCUT2D eigenvalue weighted by molar-refractivity contribution is 0.610. The van der Waals surface area contributed by atoms with E-state index in [0.29, 0.717) is 17.8 Å². The van der Waals surface area contributed by atoms with Crippen LogP contribution >= 0.6 is 22.9 Å². The fraction of sp³-hybridized carbons (Fsp3) is 0.571. The van der Waals surface area contributed by atoms with Crippen molar-refractivity contribution >= 4 is 33.7 Å². The monoisotopic (exact) mass is 308 g/mol. The standard InChI is InChI=1S/C14H20N4S2/c1-8(2)6-18(10-4-5-10)14-12(13(15)17-20-14)11-7-19-9(3)16-11/h7-8,10H,4-6H2,1-3H3,(H2,15,17). The minimum Gasteiger partial charge on any atom is -0.382 e. The van der Waals surface area contributed by atoms with Crippen molar-refractivity contribution in [2.75, 3.05) is 17.2 Å². The van der Waals surface area contributed by atoms with Gasteiger partial charge < -0.3 is 10.6 Å². The van der Waals surface area contributed by atoms with Gasteiger partial charge in [-0.1, -0.05) is 13.8 Å². The lowest BCUT2D eigenvalue weighted by Crippen LogP contribution is -2.29. The van der Waals surface area contributed by atoms with E-state index in [2.05, 4.69) is 33.5 Å². The lowest BCUT2D eigenvalue weighted by atomic mass is 10.2. The van der Waals surface area contributed by atoms with Crippen LogP contribution in [-0.4, -0.2) is 21.9 Å². The normalized spacial score (nSPS) is 15.0. The van der Waals surface area contributed by atoms with E-state index in [0.717, 1.165) is 22.8 Å². The molecule has 0 spiro atoms. The first-order valence-corrected chi connectivity index (χ1v) is 8.66. The van der Waals surface area contributed by atoms with Crippen LogP contribution in [0.4, 0.5) is 10.8 Å². The third-order valence-electron chi connectivity index (χ3n) is 3.39. The summed E-state index contributed by atoms with van der Waals surface area (Å²) in [7, 11) is 0. The van der Waals surface area contributed by atoms with Crippen LogP contribution in [0.1, 0.15) is 31.7 Å². The predicted molar refractivity (Wildman–Crippen MR) is 87.6 cm³/mol. The molecule has 1 aliphatic carbocycles. The Morgan fingerprint density at radius 1 is 1.45 bits per heavy atom. The number of hydrogen-bond donors (Lipinski definition) is 1. The summed E-state index contributed by atoms with van der Waals surface area (Å²) in [6.45, 7) is 7.60. The molecule has 1 aliphatic rings. The molecular formula is C14H20N4S2. The minimum absolute atomic E-state index is 0.615. The quantitative estimate of drug-likeness (QED) is 0.913. The molecule has 0 radical (unpaired) electrons. The van der Waals surface area contributed by atoms with E-state index in [1.165, 1.54) is 29.4 Å². The van der Waals surface area contributed by atoms with Crippen LogP contribution in [0.15, 0.2) is 5.38 Å². The number of hydrogen-bond acceptors (Lipinski definition) is 6. The molecular weight excluding hydrogens is 288 g/mol. The number of anilines is 2. The third kappa shape index (κ3) is 2.67. The molecule has 0 bridgehead atoms. The predicted octanol–water partition coefficient (Wildman–Crippen LogP) is 3.78. The molecule has 0 saturated heterocycles. The molecule has 4 nitrogen and oxygen atoms in total. The Morgan fingerprint density at radius 3 is 2.75 bits per heavy atom. The van der Waals surface area contributed by atoms with Crippen LogP contribution in [0, 0.1) is 12.8 Å². The molecule has 108 valence electrons. The molecule has 2 aromatic heterocycles. The van der Waals surface area contributed by atoms with E-state index in [-0.39, 0.29) is 0 Å². The molecule has 1 fully saturated rings. The molecule has 2 aromatic rings. The summed E-state index contributed by atoms with van der Waals surface area (Å²) in [5.74, 6) is 1.24. The van der Waals surface area contributed by atoms with Crippen molar-refractivity contribution in [3.8, 4) is 11.3 Å². The van der Waals surface area contributed by atoms with Gasteiger partial charge in [-0.3, -0.25) is 0 Å². The molecule has 1 saturated carbocycles. The van der Waals surface area contributed by atoms with Gasteiger partial charge in [-0.15, -0.1) is 11.3 Å². The topological polar surface area (TPSA) is 55.0 Å². The summed E-state index contributed by atoms with van der Waals surface area (Å²) in [6.07, 6.45) is 2.56. The second-order valence-corrected chi connectivity index (χ2v) is 7.59. The van der Waals surface area contributed by atoms with Crippen molar-refractivity contribution in [1.29, 1.82) is 0 Å². The first kappa shape index (κ1) is 13.8. The van der Waals surface area contributed by atoms with Crippen LogP contribution in [0.2, 0.25) is 0 Å². The summed E-state index contributed by atoms with van der Waals surface area (Å²) in [5, 5.41) is 4.35. The maximum absolute atomic E-state index is 6.11. The SMILES string of the molecule is Cc1nc(-c2c(N)nsc2N(CC(C)C)C2CC2)cs1. The van der Waals surface area contributed by atoms with Gasteiger partial charge >= 0.3 is 0 Å². The molecule has 2 heterocycles. The minimum atomic E-state index is 0.615. The Bertz CT molecular complexity index is 598. The van der Waals surface area contributed by atoms with Crippen molar-refractivity contribution < 1.29 is 0 Å². The van der Waals surface area contributed by atoms with Gasteiger partial charge in [0.1, 0.15) is 10.8 Å². The zero-order valence-electron chi connectivity index (χ0n) is 12.1. The Hall–Kier alpha value is -1.14. The van der Waals surface area contributed by atoms with Gasteiger partial charge in [0.25, 0.3) is 0 Å². The van der Waals surface area contributed by atoms with Crippen molar-refractivity contribution in [2.24, 2.45) is 5.92 Å². The van der Waals surface area contributed by atoms with Gasteiger partial charge in [0.2, 0.25) is 0 Å². The first-order chi connectivity index (χ1) is 9.56. The Labute approximate surface area is 127 Å². The number of rotatable bonds is 5. The highest BCUT2D eigenvalue weighted by Crippen LogP contribution is 2.43. The summed E-state index contributed by atoms with van der Waals surface area (Å²) in [6, 6.07) is 0.663. The molecule has 20 heavy (non-hydrogen) atoms. The van der Waals surface area contributed by atoms with Crippen molar-refractivity contribution in [3.05, 3.63) is 10.4 Å². The molecule has 2 N–H and O–H groups in total. The van der Waals surface area contributed by atoms with E-state index < -0.39 is 0 Å². The second kappa shape index (κ2) is 5.33. The molecule has 6 heteroatoms. The van der Waals surface area contributed by atoms with Crippen molar-refractivity contribution in [1.82, 2.24) is 9.36 Å². The largest absolute Gasteiger partial charge is 0.382 e. The van der Waals surface area contributed by atoms with E-state index in [9.17, 15) is 0 Å². The number of nitrogen functional groups attached to an aromatic ring is 1. The molecule has 3 rings (SSSR count). The average Bonchev–Trinajstić information content (AvgIpc) is 3.03. The van der Waals surface area contributed by atoms with E-state index in [4.69, 9.17) is 5.73 Å². The maximum atomic E-state index is 6.11. The Kier molecular flexibility index (Phi) is 3.69. The number of thiazole rings is 1. The molecule has 0 aliphatic heterocycles. The summed E-state index contributed by atoms with van der Waals surface area (Å²) < 4.78 is 4.38.